The van der Waals surface area contributed by atoms with Gasteiger partial charge in [-0.1, -0.05) is 65.7 Å². The van der Waals surface area contributed by atoms with Crippen LogP contribution in [0.25, 0.3) is 16.8 Å². The SMILES string of the molecule is Cc1ccc2c(c1)C1(C3=C(NCC=C3)c3ncccc31)c1cc(C)ccc1-2. The molecule has 0 unspecified atom stereocenters. The topological polar surface area (TPSA) is 24.9 Å². The van der Waals surface area contributed by atoms with Gasteiger partial charge in [-0.15, -0.1) is 0 Å². The molecule has 2 aromatic carbocycles. The summed E-state index contributed by atoms with van der Waals surface area (Å²) in [6, 6.07) is 18.1. The number of fused-ring (bicyclic) bond motifs is 9. The number of pyridine rings is 1. The number of rotatable bonds is 0. The molecule has 0 amide bonds. The minimum Gasteiger partial charge on any atom is -0.380 e. The minimum absolute atomic E-state index is 0.272. The van der Waals surface area contributed by atoms with Crippen molar-refractivity contribution in [1.29, 1.82) is 0 Å². The quantitative estimate of drug-likeness (QED) is 0.625. The van der Waals surface area contributed by atoms with Crippen LogP contribution in [0.2, 0.25) is 0 Å². The lowest BCUT2D eigenvalue weighted by Crippen LogP contribution is -2.28. The highest BCUT2D eigenvalue weighted by atomic mass is 14.9. The van der Waals surface area contributed by atoms with Gasteiger partial charge in [0.2, 0.25) is 0 Å². The maximum atomic E-state index is 4.80. The molecule has 2 heterocycles. The Hall–Kier alpha value is -3.13. The van der Waals surface area contributed by atoms with E-state index in [9.17, 15) is 0 Å². The molecule has 2 nitrogen and oxygen atoms in total. The van der Waals surface area contributed by atoms with E-state index in [-0.39, 0.29) is 5.41 Å². The van der Waals surface area contributed by atoms with Gasteiger partial charge in [-0.05, 0) is 53.3 Å². The maximum Gasteiger partial charge on any atom is 0.0912 e. The van der Waals surface area contributed by atoms with Crippen LogP contribution in [0.15, 0.2) is 72.5 Å². The van der Waals surface area contributed by atoms with Gasteiger partial charge in [0.1, 0.15) is 0 Å². The van der Waals surface area contributed by atoms with Crippen molar-refractivity contribution in [2.45, 2.75) is 19.3 Å². The van der Waals surface area contributed by atoms with Gasteiger partial charge in [0.05, 0.1) is 16.8 Å². The number of aromatic nitrogens is 1. The first-order chi connectivity index (χ1) is 13.2. The molecule has 0 saturated carbocycles. The Bertz CT molecular complexity index is 1150. The van der Waals surface area contributed by atoms with Gasteiger partial charge in [-0.25, -0.2) is 0 Å². The number of nitrogens with zero attached hydrogens (tertiary/aromatic N) is 1. The third kappa shape index (κ3) is 1.69. The fourth-order valence-corrected chi connectivity index (χ4v) is 5.22. The summed E-state index contributed by atoms with van der Waals surface area (Å²) >= 11 is 0. The van der Waals surface area contributed by atoms with Crippen molar-refractivity contribution in [3.8, 4) is 11.1 Å². The molecule has 0 radical (unpaired) electrons. The molecule has 0 saturated heterocycles. The first-order valence-electron chi connectivity index (χ1n) is 9.55. The van der Waals surface area contributed by atoms with Crippen molar-refractivity contribution in [3.63, 3.8) is 0 Å². The van der Waals surface area contributed by atoms with Crippen molar-refractivity contribution in [2.24, 2.45) is 0 Å². The summed E-state index contributed by atoms with van der Waals surface area (Å²) in [5, 5.41) is 3.61. The van der Waals surface area contributed by atoms with Gasteiger partial charge in [0, 0.05) is 12.7 Å². The first-order valence-corrected chi connectivity index (χ1v) is 9.55. The highest BCUT2D eigenvalue weighted by Crippen LogP contribution is 2.61. The molecule has 1 N–H and O–H groups in total. The number of benzene rings is 2. The number of hydrogen-bond acceptors (Lipinski definition) is 2. The standard InChI is InChI=1S/C25H20N2/c1-15-7-9-17-18-10-8-16(2)14-22(18)25(21(17)13-15)19-5-3-11-26-23(19)24-20(25)6-4-12-27-24/h3-11,13-14,27H,12H2,1-2H3. The molecular weight excluding hydrogens is 328 g/mol. The van der Waals surface area contributed by atoms with Gasteiger partial charge in [0.15, 0.2) is 0 Å². The fourth-order valence-electron chi connectivity index (χ4n) is 5.22. The predicted octanol–water partition coefficient (Wildman–Crippen LogP) is 4.90. The molecule has 0 atom stereocenters. The van der Waals surface area contributed by atoms with E-state index >= 15 is 0 Å². The Kier molecular flexibility index (Phi) is 2.76. The summed E-state index contributed by atoms with van der Waals surface area (Å²) < 4.78 is 0. The predicted molar refractivity (Wildman–Crippen MR) is 110 cm³/mol. The van der Waals surface area contributed by atoms with Crippen LogP contribution in [-0.4, -0.2) is 11.5 Å². The van der Waals surface area contributed by atoms with Gasteiger partial charge < -0.3 is 5.32 Å². The molecular formula is C25H20N2. The molecule has 0 bridgehead atoms. The molecule has 2 aliphatic carbocycles. The van der Waals surface area contributed by atoms with Gasteiger partial charge in [0.25, 0.3) is 0 Å². The second-order valence-electron chi connectivity index (χ2n) is 7.82. The minimum atomic E-state index is -0.272. The third-order valence-corrected chi connectivity index (χ3v) is 6.25. The normalized spacial score (nSPS) is 17.4. The number of dihydropyridines is 1. The van der Waals surface area contributed by atoms with Crippen molar-refractivity contribution < 1.29 is 0 Å². The average Bonchev–Trinajstić information content (AvgIpc) is 3.14. The molecule has 3 aliphatic rings. The lowest BCUT2D eigenvalue weighted by Gasteiger charge is -2.32. The van der Waals surface area contributed by atoms with Crippen LogP contribution in [0.3, 0.4) is 0 Å². The van der Waals surface area contributed by atoms with Crippen molar-refractivity contribution in [1.82, 2.24) is 10.3 Å². The number of aryl methyl sites for hydroxylation is 2. The Morgan fingerprint density at radius 2 is 1.59 bits per heavy atom. The highest BCUT2D eigenvalue weighted by Gasteiger charge is 2.53. The summed E-state index contributed by atoms with van der Waals surface area (Å²) in [6.07, 6.45) is 6.46. The van der Waals surface area contributed by atoms with Crippen LogP contribution in [0.5, 0.6) is 0 Å². The van der Waals surface area contributed by atoms with Gasteiger partial charge in [-0.3, -0.25) is 4.98 Å². The summed E-state index contributed by atoms with van der Waals surface area (Å²) in [5.74, 6) is 0. The second-order valence-corrected chi connectivity index (χ2v) is 7.82. The van der Waals surface area contributed by atoms with Gasteiger partial charge >= 0.3 is 0 Å². The van der Waals surface area contributed by atoms with E-state index in [0.29, 0.717) is 0 Å². The molecule has 1 spiro atoms. The maximum absolute atomic E-state index is 4.80. The molecule has 27 heavy (non-hydrogen) atoms. The van der Waals surface area contributed by atoms with Crippen LogP contribution >= 0.6 is 0 Å². The number of allylic oxidation sites excluding steroid dienone is 2. The van der Waals surface area contributed by atoms with E-state index in [1.165, 1.54) is 50.2 Å². The monoisotopic (exact) mass is 348 g/mol. The van der Waals surface area contributed by atoms with Crippen molar-refractivity contribution >= 4 is 5.70 Å². The van der Waals surface area contributed by atoms with E-state index in [0.717, 1.165) is 12.2 Å². The zero-order chi connectivity index (χ0) is 18.2. The summed E-state index contributed by atoms with van der Waals surface area (Å²) in [6.45, 7) is 5.23. The lowest BCUT2D eigenvalue weighted by atomic mass is 9.69. The number of nitrogens with one attached hydrogen (secondary N) is 1. The van der Waals surface area contributed by atoms with Crippen LogP contribution in [-0.2, 0) is 5.41 Å². The smallest absolute Gasteiger partial charge is 0.0912 e. The van der Waals surface area contributed by atoms with E-state index in [4.69, 9.17) is 4.98 Å². The van der Waals surface area contributed by atoms with E-state index in [1.54, 1.807) is 0 Å². The van der Waals surface area contributed by atoms with E-state index in [1.807, 2.05) is 6.20 Å². The molecule has 1 aliphatic heterocycles. The zero-order valence-electron chi connectivity index (χ0n) is 15.5. The fraction of sp³-hybridized carbons (Fsp3) is 0.160. The van der Waals surface area contributed by atoms with Crippen molar-refractivity contribution in [3.05, 3.63) is 106 Å². The van der Waals surface area contributed by atoms with E-state index < -0.39 is 0 Å². The molecule has 130 valence electrons. The number of hydrogen-bond donors (Lipinski definition) is 1. The zero-order valence-corrected chi connectivity index (χ0v) is 15.5. The molecule has 0 fully saturated rings. The Labute approximate surface area is 159 Å². The first kappa shape index (κ1) is 15.0. The van der Waals surface area contributed by atoms with Crippen LogP contribution in [0.1, 0.15) is 33.5 Å². The highest BCUT2D eigenvalue weighted by molar-refractivity contribution is 5.94. The Morgan fingerprint density at radius 1 is 0.889 bits per heavy atom. The Balaban J connectivity index is 1.84. The third-order valence-electron chi connectivity index (χ3n) is 6.25. The summed E-state index contributed by atoms with van der Waals surface area (Å²) in [4.78, 5) is 4.80. The van der Waals surface area contributed by atoms with Crippen molar-refractivity contribution in [2.75, 3.05) is 6.54 Å². The molecule has 1 aromatic heterocycles. The summed E-state index contributed by atoms with van der Waals surface area (Å²) in [5.41, 5.74) is 12.7. The molecule has 6 rings (SSSR count). The largest absolute Gasteiger partial charge is 0.380 e. The van der Waals surface area contributed by atoms with Gasteiger partial charge in [-0.2, -0.15) is 0 Å². The average molecular weight is 348 g/mol. The summed E-state index contributed by atoms with van der Waals surface area (Å²) in [7, 11) is 0. The molecule has 2 heteroatoms. The van der Waals surface area contributed by atoms with Crippen LogP contribution in [0, 0.1) is 13.8 Å². The van der Waals surface area contributed by atoms with E-state index in [2.05, 4.69) is 79.8 Å². The second kappa shape index (κ2) is 4.98. The Morgan fingerprint density at radius 3 is 2.30 bits per heavy atom. The lowest BCUT2D eigenvalue weighted by molar-refractivity contribution is 0.774. The van der Waals surface area contributed by atoms with Crippen LogP contribution in [0.4, 0.5) is 0 Å². The van der Waals surface area contributed by atoms with Crippen LogP contribution < -0.4 is 5.32 Å². The molecule has 3 aromatic rings.